The molecule has 1 heterocycles. The Hall–Kier alpha value is -1.98. The third-order valence-electron chi connectivity index (χ3n) is 3.52. The van der Waals surface area contributed by atoms with E-state index in [-0.39, 0.29) is 11.6 Å². The number of thiophene rings is 1. The van der Waals surface area contributed by atoms with Gasteiger partial charge in [-0.15, -0.1) is 11.3 Å². The van der Waals surface area contributed by atoms with Gasteiger partial charge in [0.05, 0.1) is 7.11 Å². The molecule has 0 aliphatic carbocycles. The largest absolute Gasteiger partial charge is 0.493 e. The van der Waals surface area contributed by atoms with Gasteiger partial charge in [-0.05, 0) is 67.7 Å². The van der Waals surface area contributed by atoms with Crippen LogP contribution >= 0.6 is 11.3 Å². The summed E-state index contributed by atoms with van der Waals surface area (Å²) in [7, 11) is 3.40. The Bertz CT molecular complexity index is 774. The van der Waals surface area contributed by atoms with E-state index in [0.29, 0.717) is 5.75 Å². The molecule has 0 unspecified atom stereocenters. The zero-order valence-corrected chi connectivity index (χ0v) is 16.6. The van der Waals surface area contributed by atoms with Gasteiger partial charge in [-0.3, -0.25) is 0 Å². The highest BCUT2D eigenvalue weighted by Crippen LogP contribution is 2.31. The van der Waals surface area contributed by atoms with Gasteiger partial charge in [0, 0.05) is 10.1 Å². The second-order valence-corrected chi connectivity index (χ2v) is 6.20. The minimum atomic E-state index is -0.302. The van der Waals surface area contributed by atoms with Crippen LogP contribution in [0.25, 0.3) is 10.1 Å². The van der Waals surface area contributed by atoms with Gasteiger partial charge in [-0.25, -0.2) is 8.78 Å². The van der Waals surface area contributed by atoms with Crippen molar-refractivity contribution in [3.05, 3.63) is 65.0 Å². The van der Waals surface area contributed by atoms with E-state index in [4.69, 9.17) is 4.74 Å². The number of hydrogen-bond acceptors (Lipinski definition) is 3. The molecular formula is C21H27F2NOS. The molecule has 3 rings (SSSR count). The molecule has 3 aromatic rings. The molecule has 0 spiro atoms. The molecule has 0 saturated carbocycles. The van der Waals surface area contributed by atoms with Crippen LogP contribution in [0.3, 0.4) is 0 Å². The molecule has 0 atom stereocenters. The summed E-state index contributed by atoms with van der Waals surface area (Å²) in [6.07, 6.45) is 2.00. The molecule has 0 fully saturated rings. The number of rotatable bonds is 5. The van der Waals surface area contributed by atoms with E-state index in [1.165, 1.54) is 19.2 Å². The van der Waals surface area contributed by atoms with Crippen molar-refractivity contribution in [3.63, 3.8) is 0 Å². The fourth-order valence-corrected chi connectivity index (χ4v) is 3.15. The van der Waals surface area contributed by atoms with E-state index >= 15 is 0 Å². The van der Waals surface area contributed by atoms with Crippen LogP contribution in [0.15, 0.2) is 47.8 Å². The van der Waals surface area contributed by atoms with Crippen molar-refractivity contribution in [2.45, 2.75) is 26.7 Å². The number of halogens is 2. The van der Waals surface area contributed by atoms with Crippen LogP contribution < -0.4 is 10.1 Å². The van der Waals surface area contributed by atoms with Crippen molar-refractivity contribution in [1.82, 2.24) is 5.32 Å². The summed E-state index contributed by atoms with van der Waals surface area (Å²) in [6.45, 7) is 4.98. The molecule has 1 aromatic heterocycles. The number of benzene rings is 2. The highest BCUT2D eigenvalue weighted by Gasteiger charge is 2.07. The van der Waals surface area contributed by atoms with Crippen molar-refractivity contribution in [1.29, 1.82) is 0 Å². The van der Waals surface area contributed by atoms with Gasteiger partial charge in [0.2, 0.25) is 0 Å². The summed E-state index contributed by atoms with van der Waals surface area (Å²) in [5.74, 6) is -0.103. The number of ether oxygens (including phenoxy) is 1. The quantitative estimate of drug-likeness (QED) is 0.545. The zero-order valence-electron chi connectivity index (χ0n) is 15.8. The number of methoxy groups -OCH3 is 1. The van der Waals surface area contributed by atoms with Crippen molar-refractivity contribution < 1.29 is 13.5 Å². The van der Waals surface area contributed by atoms with Crippen LogP contribution in [0.5, 0.6) is 5.75 Å². The van der Waals surface area contributed by atoms with E-state index in [9.17, 15) is 8.78 Å². The predicted octanol–water partition coefficient (Wildman–Crippen LogP) is 6.05. The summed E-state index contributed by atoms with van der Waals surface area (Å²) in [6, 6.07) is 11.8. The molecule has 0 saturated heterocycles. The zero-order chi connectivity index (χ0) is 19.4. The van der Waals surface area contributed by atoms with Gasteiger partial charge in [-0.1, -0.05) is 26.0 Å². The van der Waals surface area contributed by atoms with Crippen molar-refractivity contribution in [3.8, 4) is 5.75 Å². The topological polar surface area (TPSA) is 21.3 Å². The monoisotopic (exact) mass is 379 g/mol. The Balaban J connectivity index is 0.000000238. The maximum atomic E-state index is 13.1. The van der Waals surface area contributed by atoms with E-state index in [2.05, 4.69) is 5.32 Å². The van der Waals surface area contributed by atoms with Crippen LogP contribution in [0.1, 0.15) is 25.8 Å². The Morgan fingerprint density at radius 3 is 2.50 bits per heavy atom. The minimum Gasteiger partial charge on any atom is -0.493 e. The molecule has 0 aliphatic rings. The molecule has 2 aromatic carbocycles. The normalized spacial score (nSPS) is 9.77. The fraction of sp³-hybridized carbons (Fsp3) is 0.333. The molecule has 142 valence electrons. The molecular weight excluding hydrogens is 352 g/mol. The van der Waals surface area contributed by atoms with E-state index in [1.54, 1.807) is 29.5 Å². The fourth-order valence-electron chi connectivity index (χ4n) is 2.36. The smallest absolute Gasteiger partial charge is 0.165 e. The first-order valence-corrected chi connectivity index (χ1v) is 9.62. The summed E-state index contributed by atoms with van der Waals surface area (Å²) in [5, 5.41) is 5.83. The van der Waals surface area contributed by atoms with E-state index in [0.717, 1.165) is 35.0 Å². The van der Waals surface area contributed by atoms with Crippen LogP contribution in [0.2, 0.25) is 0 Å². The lowest BCUT2D eigenvalue weighted by molar-refractivity contribution is 0.392. The average molecular weight is 380 g/mol. The third-order valence-corrected chi connectivity index (χ3v) is 4.41. The van der Waals surface area contributed by atoms with E-state index < -0.39 is 0 Å². The summed E-state index contributed by atoms with van der Waals surface area (Å²) < 4.78 is 31.7. The number of hydrogen-bond donors (Lipinski definition) is 1. The lowest BCUT2D eigenvalue weighted by Gasteiger charge is -2.01. The molecule has 2 nitrogen and oxygen atoms in total. The highest BCUT2D eigenvalue weighted by atomic mass is 32.1. The standard InChI is InChI=1S/C10H14FN.C9H7FOS.C2H6/c1-12-7-3-5-9-4-2-6-10(11)8-9;1-11-9-6-4-5-12-8(6)3-2-7(9)10;1-2/h2,4,6,8,12H,3,5,7H2,1H3;2-5H,1H3;1-2H3. The molecule has 0 amide bonds. The lowest BCUT2D eigenvalue weighted by atomic mass is 10.1. The van der Waals surface area contributed by atoms with Gasteiger partial charge < -0.3 is 10.1 Å². The van der Waals surface area contributed by atoms with Crippen molar-refractivity contribution in [2.24, 2.45) is 0 Å². The minimum absolute atomic E-state index is 0.142. The second kappa shape index (κ2) is 12.4. The highest BCUT2D eigenvalue weighted by molar-refractivity contribution is 7.17. The van der Waals surface area contributed by atoms with Crippen LogP contribution in [-0.4, -0.2) is 20.7 Å². The van der Waals surface area contributed by atoms with Crippen LogP contribution in [0.4, 0.5) is 8.78 Å². The molecule has 5 heteroatoms. The van der Waals surface area contributed by atoms with Crippen LogP contribution in [0, 0.1) is 11.6 Å². The second-order valence-electron chi connectivity index (χ2n) is 5.25. The number of fused-ring (bicyclic) bond motifs is 1. The lowest BCUT2D eigenvalue weighted by Crippen LogP contribution is -2.08. The Labute approximate surface area is 158 Å². The van der Waals surface area contributed by atoms with Gasteiger partial charge in [0.1, 0.15) is 5.82 Å². The molecule has 0 aliphatic heterocycles. The maximum Gasteiger partial charge on any atom is 0.165 e. The maximum absolute atomic E-state index is 13.1. The SMILES string of the molecule is CC.CNCCCc1cccc(F)c1.COc1c(F)ccc2sccc12. The Kier molecular flexibility index (Phi) is 10.5. The Morgan fingerprint density at radius 2 is 1.85 bits per heavy atom. The Morgan fingerprint density at radius 1 is 1.08 bits per heavy atom. The average Bonchev–Trinajstić information content (AvgIpc) is 3.13. The predicted molar refractivity (Wildman–Crippen MR) is 108 cm³/mol. The first-order valence-electron chi connectivity index (χ1n) is 8.74. The van der Waals surface area contributed by atoms with Gasteiger partial charge in [0.15, 0.2) is 11.6 Å². The molecule has 0 bridgehead atoms. The third kappa shape index (κ3) is 6.73. The molecule has 1 N–H and O–H groups in total. The first kappa shape index (κ1) is 22.1. The van der Waals surface area contributed by atoms with Crippen LogP contribution in [-0.2, 0) is 6.42 Å². The molecule has 26 heavy (non-hydrogen) atoms. The number of nitrogens with one attached hydrogen (secondary N) is 1. The van der Waals surface area contributed by atoms with Gasteiger partial charge in [-0.2, -0.15) is 0 Å². The van der Waals surface area contributed by atoms with E-state index in [1.807, 2.05) is 38.4 Å². The summed E-state index contributed by atoms with van der Waals surface area (Å²) >= 11 is 1.58. The van der Waals surface area contributed by atoms with Crippen molar-refractivity contribution in [2.75, 3.05) is 20.7 Å². The molecule has 0 radical (unpaired) electrons. The van der Waals surface area contributed by atoms with Gasteiger partial charge >= 0.3 is 0 Å². The van der Waals surface area contributed by atoms with Crippen molar-refractivity contribution >= 4 is 21.4 Å². The summed E-state index contributed by atoms with van der Waals surface area (Å²) in [5.41, 5.74) is 1.07. The number of aryl methyl sites for hydroxylation is 1. The first-order chi connectivity index (χ1) is 12.7. The summed E-state index contributed by atoms with van der Waals surface area (Å²) in [4.78, 5) is 0. The van der Waals surface area contributed by atoms with Gasteiger partial charge in [0.25, 0.3) is 0 Å².